The maximum absolute atomic E-state index is 12.7. The van der Waals surface area contributed by atoms with E-state index in [-0.39, 0.29) is 17.3 Å². The number of rotatable bonds is 5. The van der Waals surface area contributed by atoms with E-state index in [0.717, 1.165) is 28.4 Å². The molecule has 0 N–H and O–H groups in total. The van der Waals surface area contributed by atoms with Crippen molar-refractivity contribution in [3.05, 3.63) is 54.1 Å². The van der Waals surface area contributed by atoms with Gasteiger partial charge in [0.1, 0.15) is 5.75 Å². The first-order chi connectivity index (χ1) is 12.4. The molecule has 0 atom stereocenters. The molecule has 6 nitrogen and oxygen atoms in total. The van der Waals surface area contributed by atoms with Crippen LogP contribution in [0.3, 0.4) is 0 Å². The number of amides is 1. The fraction of sp³-hybridized carbons (Fsp3) is 0.316. The van der Waals surface area contributed by atoms with E-state index in [1.54, 1.807) is 17.0 Å². The van der Waals surface area contributed by atoms with E-state index in [2.05, 4.69) is 0 Å². The number of anilines is 1. The zero-order chi connectivity index (χ0) is 18.7. The van der Waals surface area contributed by atoms with Gasteiger partial charge in [-0.2, -0.15) is 4.31 Å². The van der Waals surface area contributed by atoms with Gasteiger partial charge in [0.2, 0.25) is 15.9 Å². The lowest BCUT2D eigenvalue weighted by molar-refractivity contribution is -0.118. The Morgan fingerprint density at radius 3 is 2.54 bits per heavy atom. The quantitative estimate of drug-likeness (QED) is 0.805. The molecule has 0 radical (unpaired) electrons. The van der Waals surface area contributed by atoms with Crippen LogP contribution >= 0.6 is 0 Å². The van der Waals surface area contributed by atoms with Crippen LogP contribution in [0.25, 0.3) is 0 Å². The molecule has 0 aromatic heterocycles. The molecular weight excluding hydrogens is 352 g/mol. The van der Waals surface area contributed by atoms with E-state index in [0.29, 0.717) is 12.3 Å². The van der Waals surface area contributed by atoms with Crippen LogP contribution < -0.4 is 9.64 Å². The summed E-state index contributed by atoms with van der Waals surface area (Å²) in [4.78, 5) is 14.6. The normalized spacial score (nSPS) is 14.2. The summed E-state index contributed by atoms with van der Waals surface area (Å²) in [6, 6.07) is 13.9. The zero-order valence-electron chi connectivity index (χ0n) is 14.9. The first-order valence-corrected chi connectivity index (χ1v) is 9.86. The number of nitrogens with zero attached hydrogens (tertiary/aromatic N) is 2. The highest BCUT2D eigenvalue weighted by molar-refractivity contribution is 7.89. The Morgan fingerprint density at radius 2 is 1.85 bits per heavy atom. The lowest BCUT2D eigenvalue weighted by atomic mass is 10.0. The van der Waals surface area contributed by atoms with Gasteiger partial charge in [-0.05, 0) is 48.7 Å². The van der Waals surface area contributed by atoms with Crippen molar-refractivity contribution in [2.75, 3.05) is 32.1 Å². The Hall–Kier alpha value is -2.38. The molecule has 2 aromatic rings. The van der Waals surface area contributed by atoms with Gasteiger partial charge < -0.3 is 9.64 Å². The third kappa shape index (κ3) is 3.59. The van der Waals surface area contributed by atoms with Gasteiger partial charge in [-0.15, -0.1) is 0 Å². The standard InChI is InChI=1S/C19H22N2O4S/c1-20(26(23,24)17-11-9-16(25-2)10-12-17)14-19(22)21-13-5-7-15-6-3-4-8-18(15)21/h3-4,6,8-12H,5,7,13-14H2,1-2H3. The lowest BCUT2D eigenvalue weighted by Gasteiger charge is -2.30. The molecule has 0 bridgehead atoms. The van der Waals surface area contributed by atoms with Crippen molar-refractivity contribution in [2.24, 2.45) is 0 Å². The van der Waals surface area contributed by atoms with Crippen LogP contribution in [0.1, 0.15) is 12.0 Å². The highest BCUT2D eigenvalue weighted by Crippen LogP contribution is 2.27. The number of benzene rings is 2. The van der Waals surface area contributed by atoms with Gasteiger partial charge in [0.15, 0.2) is 0 Å². The van der Waals surface area contributed by atoms with Crippen LogP contribution in [0, 0.1) is 0 Å². The number of aryl methyl sites for hydroxylation is 1. The summed E-state index contributed by atoms with van der Waals surface area (Å²) in [7, 11) is -0.802. The molecule has 1 aliphatic heterocycles. The van der Waals surface area contributed by atoms with Gasteiger partial charge in [0, 0.05) is 19.3 Å². The minimum absolute atomic E-state index is 0.132. The maximum atomic E-state index is 12.7. The second-order valence-electron chi connectivity index (χ2n) is 6.21. The molecule has 0 fully saturated rings. The molecule has 1 aliphatic rings. The number of para-hydroxylation sites is 1. The van der Waals surface area contributed by atoms with E-state index in [4.69, 9.17) is 4.74 Å². The zero-order valence-corrected chi connectivity index (χ0v) is 15.7. The molecule has 7 heteroatoms. The van der Waals surface area contributed by atoms with Crippen LogP contribution in [0.15, 0.2) is 53.4 Å². The number of carbonyl (C=O) groups is 1. The SMILES string of the molecule is COc1ccc(S(=O)(=O)N(C)CC(=O)N2CCCc3ccccc32)cc1. The summed E-state index contributed by atoms with van der Waals surface area (Å²) in [5.41, 5.74) is 1.99. The van der Waals surface area contributed by atoms with Crippen LogP contribution in [-0.2, 0) is 21.2 Å². The van der Waals surface area contributed by atoms with Crippen molar-refractivity contribution in [1.29, 1.82) is 0 Å². The molecular formula is C19H22N2O4S. The number of ether oxygens (including phenoxy) is 1. The van der Waals surface area contributed by atoms with Crippen LogP contribution in [0.4, 0.5) is 5.69 Å². The summed E-state index contributed by atoms with van der Waals surface area (Å²) < 4.78 is 31.6. The second kappa shape index (κ2) is 7.47. The third-order valence-corrected chi connectivity index (χ3v) is 6.35. The van der Waals surface area contributed by atoms with Crippen molar-refractivity contribution in [1.82, 2.24) is 4.31 Å². The molecule has 0 unspecified atom stereocenters. The van der Waals surface area contributed by atoms with Crippen molar-refractivity contribution in [2.45, 2.75) is 17.7 Å². The fourth-order valence-corrected chi connectivity index (χ4v) is 4.20. The molecule has 2 aromatic carbocycles. The van der Waals surface area contributed by atoms with Gasteiger partial charge in [-0.1, -0.05) is 18.2 Å². The largest absolute Gasteiger partial charge is 0.497 e. The predicted octanol–water partition coefficient (Wildman–Crippen LogP) is 2.30. The summed E-state index contributed by atoms with van der Waals surface area (Å²) in [5.74, 6) is 0.351. The minimum Gasteiger partial charge on any atom is -0.497 e. The summed E-state index contributed by atoms with van der Waals surface area (Å²) in [6.07, 6.45) is 1.80. The highest BCUT2D eigenvalue weighted by atomic mass is 32.2. The fourth-order valence-electron chi connectivity index (χ4n) is 3.08. The number of hydrogen-bond donors (Lipinski definition) is 0. The van der Waals surface area contributed by atoms with Crippen molar-refractivity contribution < 1.29 is 17.9 Å². The monoisotopic (exact) mass is 374 g/mol. The molecule has 0 saturated carbocycles. The summed E-state index contributed by atoms with van der Waals surface area (Å²) in [5, 5.41) is 0. The molecule has 0 spiro atoms. The molecule has 0 saturated heterocycles. The van der Waals surface area contributed by atoms with Gasteiger partial charge in [0.05, 0.1) is 18.6 Å². The van der Waals surface area contributed by atoms with E-state index in [9.17, 15) is 13.2 Å². The first kappa shape index (κ1) is 18.4. The first-order valence-electron chi connectivity index (χ1n) is 8.42. The number of fused-ring (bicyclic) bond motifs is 1. The van der Waals surface area contributed by atoms with Crippen LogP contribution in [0.5, 0.6) is 5.75 Å². The minimum atomic E-state index is -3.74. The van der Waals surface area contributed by atoms with E-state index in [1.807, 2.05) is 24.3 Å². The van der Waals surface area contributed by atoms with Crippen molar-refractivity contribution in [3.8, 4) is 5.75 Å². The van der Waals surface area contributed by atoms with Crippen LogP contribution in [-0.4, -0.2) is 45.9 Å². The van der Waals surface area contributed by atoms with E-state index >= 15 is 0 Å². The molecule has 138 valence electrons. The molecule has 26 heavy (non-hydrogen) atoms. The van der Waals surface area contributed by atoms with Crippen molar-refractivity contribution in [3.63, 3.8) is 0 Å². The average Bonchev–Trinajstić information content (AvgIpc) is 2.67. The van der Waals surface area contributed by atoms with E-state index in [1.165, 1.54) is 26.3 Å². The predicted molar refractivity (Wildman–Crippen MR) is 99.9 cm³/mol. The summed E-state index contributed by atoms with van der Waals surface area (Å²) >= 11 is 0. The number of carbonyl (C=O) groups excluding carboxylic acids is 1. The number of hydrogen-bond acceptors (Lipinski definition) is 4. The van der Waals surface area contributed by atoms with Crippen LogP contribution in [0.2, 0.25) is 0 Å². The molecule has 1 amide bonds. The highest BCUT2D eigenvalue weighted by Gasteiger charge is 2.27. The van der Waals surface area contributed by atoms with Gasteiger partial charge >= 0.3 is 0 Å². The van der Waals surface area contributed by atoms with Gasteiger partial charge in [-0.3, -0.25) is 4.79 Å². The topological polar surface area (TPSA) is 66.9 Å². The molecule has 1 heterocycles. The Kier molecular flexibility index (Phi) is 5.29. The number of likely N-dealkylation sites (N-methyl/N-ethyl adjacent to an activating group) is 1. The average molecular weight is 374 g/mol. The van der Waals surface area contributed by atoms with Crippen molar-refractivity contribution >= 4 is 21.6 Å². The summed E-state index contributed by atoms with van der Waals surface area (Å²) in [6.45, 7) is 0.398. The van der Waals surface area contributed by atoms with E-state index < -0.39 is 10.0 Å². The number of sulfonamides is 1. The smallest absolute Gasteiger partial charge is 0.243 e. The Balaban J connectivity index is 1.77. The maximum Gasteiger partial charge on any atom is 0.243 e. The number of methoxy groups -OCH3 is 1. The Bertz CT molecular complexity index is 894. The van der Waals surface area contributed by atoms with Gasteiger partial charge in [0.25, 0.3) is 0 Å². The Labute approximate surface area is 154 Å². The lowest BCUT2D eigenvalue weighted by Crippen LogP contribution is -2.43. The molecule has 3 rings (SSSR count). The molecule has 0 aliphatic carbocycles. The van der Waals surface area contributed by atoms with Gasteiger partial charge in [-0.25, -0.2) is 8.42 Å². The third-order valence-electron chi connectivity index (χ3n) is 4.54. The Morgan fingerprint density at radius 1 is 1.15 bits per heavy atom. The second-order valence-corrected chi connectivity index (χ2v) is 8.26.